The minimum absolute atomic E-state index is 0.329. The van der Waals surface area contributed by atoms with Gasteiger partial charge in [-0.15, -0.1) is 0 Å². The smallest absolute Gasteiger partial charge is 0.332 e. The van der Waals surface area contributed by atoms with Gasteiger partial charge in [-0.1, -0.05) is 17.7 Å². The van der Waals surface area contributed by atoms with Crippen LogP contribution in [-0.4, -0.2) is 60.7 Å². The molecule has 0 atom stereocenters. The Balaban J connectivity index is 1.35. The third kappa shape index (κ3) is 3.55. The molecule has 0 bridgehead atoms. The lowest BCUT2D eigenvalue weighted by Gasteiger charge is -2.37. The van der Waals surface area contributed by atoms with Crippen molar-refractivity contribution in [1.82, 2.24) is 28.0 Å². The fraction of sp³-hybridized carbons (Fsp3) is 0.435. The molecule has 0 radical (unpaired) electrons. The Labute approximate surface area is 196 Å². The largest absolute Gasteiger partial charge is 0.369 e. The van der Waals surface area contributed by atoms with Gasteiger partial charge in [0.1, 0.15) is 0 Å². The summed E-state index contributed by atoms with van der Waals surface area (Å²) in [5.41, 5.74) is 3.63. The highest BCUT2D eigenvalue weighted by atomic mass is 35.5. The summed E-state index contributed by atoms with van der Waals surface area (Å²) < 4.78 is 6.49. The van der Waals surface area contributed by atoms with Crippen LogP contribution in [0.3, 0.4) is 0 Å². The van der Waals surface area contributed by atoms with Gasteiger partial charge in [-0.05, 0) is 31.5 Å². The normalized spacial score (nSPS) is 15.2. The van der Waals surface area contributed by atoms with Crippen LogP contribution in [0.4, 0.5) is 5.69 Å². The first-order valence-electron chi connectivity index (χ1n) is 11.1. The number of hydrogen-bond acceptors (Lipinski definition) is 5. The van der Waals surface area contributed by atoms with E-state index < -0.39 is 0 Å². The number of imidazole rings is 2. The van der Waals surface area contributed by atoms with E-state index in [4.69, 9.17) is 11.6 Å². The van der Waals surface area contributed by atoms with Gasteiger partial charge in [0, 0.05) is 76.0 Å². The number of anilines is 1. The molecule has 1 aromatic carbocycles. The highest BCUT2D eigenvalue weighted by Crippen LogP contribution is 2.25. The molecule has 1 aliphatic heterocycles. The Bertz CT molecular complexity index is 1490. The lowest BCUT2D eigenvalue weighted by atomic mass is 10.1. The number of piperazine rings is 1. The van der Waals surface area contributed by atoms with Crippen LogP contribution >= 0.6 is 11.6 Å². The quantitative estimate of drug-likeness (QED) is 0.455. The van der Waals surface area contributed by atoms with E-state index in [2.05, 4.69) is 32.3 Å². The predicted octanol–water partition coefficient (Wildman–Crippen LogP) is 1.78. The molecule has 0 aliphatic carbocycles. The third-order valence-electron chi connectivity index (χ3n) is 6.78. The van der Waals surface area contributed by atoms with Gasteiger partial charge in [0.15, 0.2) is 11.2 Å². The second-order valence-corrected chi connectivity index (χ2v) is 9.28. The van der Waals surface area contributed by atoms with E-state index in [0.29, 0.717) is 16.9 Å². The highest BCUT2D eigenvalue weighted by Gasteiger charge is 2.21. The number of rotatable bonds is 4. The molecule has 3 aromatic heterocycles. The zero-order valence-electron chi connectivity index (χ0n) is 19.4. The number of halogens is 1. The van der Waals surface area contributed by atoms with Crippen molar-refractivity contribution in [3.05, 3.63) is 61.5 Å². The fourth-order valence-electron chi connectivity index (χ4n) is 4.78. The topological polar surface area (TPSA) is 72.7 Å². The first-order chi connectivity index (χ1) is 15.8. The molecule has 1 saturated heterocycles. The number of benzene rings is 1. The lowest BCUT2D eigenvalue weighted by Crippen LogP contribution is -2.47. The molecule has 0 spiro atoms. The predicted molar refractivity (Wildman–Crippen MR) is 131 cm³/mol. The van der Waals surface area contributed by atoms with Crippen molar-refractivity contribution in [2.75, 3.05) is 37.6 Å². The molecule has 4 heterocycles. The Morgan fingerprint density at radius 1 is 1.00 bits per heavy atom. The van der Waals surface area contributed by atoms with E-state index in [9.17, 15) is 9.59 Å². The molecule has 1 fully saturated rings. The summed E-state index contributed by atoms with van der Waals surface area (Å²) in [5.74, 6) is 0.689. The van der Waals surface area contributed by atoms with Gasteiger partial charge in [-0.25, -0.2) is 4.79 Å². The maximum atomic E-state index is 12.8. The molecule has 0 unspecified atom stereocenters. The zero-order chi connectivity index (χ0) is 23.4. The van der Waals surface area contributed by atoms with E-state index in [1.807, 2.05) is 29.7 Å². The Morgan fingerprint density at radius 3 is 2.45 bits per heavy atom. The van der Waals surface area contributed by atoms with Crippen molar-refractivity contribution >= 4 is 34.2 Å². The summed E-state index contributed by atoms with van der Waals surface area (Å²) in [7, 11) is 3.15. The van der Waals surface area contributed by atoms with Gasteiger partial charge >= 0.3 is 5.69 Å². The minimum Gasteiger partial charge on any atom is -0.369 e. The van der Waals surface area contributed by atoms with E-state index in [-0.39, 0.29) is 11.2 Å². The molecule has 0 saturated carbocycles. The number of aryl methyl sites for hydroxylation is 3. The van der Waals surface area contributed by atoms with Crippen LogP contribution in [0.15, 0.2) is 34.0 Å². The molecule has 5 rings (SSSR count). The molecule has 10 heteroatoms. The zero-order valence-corrected chi connectivity index (χ0v) is 20.1. The first kappa shape index (κ1) is 21.8. The van der Waals surface area contributed by atoms with E-state index in [1.54, 1.807) is 7.05 Å². The average molecular weight is 470 g/mol. The number of nitrogens with zero attached hydrogens (tertiary/aromatic N) is 7. The number of hydrogen-bond donors (Lipinski definition) is 0. The van der Waals surface area contributed by atoms with Crippen LogP contribution in [0, 0.1) is 13.8 Å². The standard InChI is InChI=1S/C23H28ClN7O2/c1-15-5-6-17(24)13-18(15)29-10-7-28(8-11-29)9-12-30-16(2)14-31-19-20(25-22(30)31)26(3)23(33)27(4)21(19)32/h5-6,13-14H,7-12H2,1-4H3. The van der Waals surface area contributed by atoms with Crippen LogP contribution in [0.2, 0.25) is 5.02 Å². The van der Waals surface area contributed by atoms with Gasteiger partial charge in [0.2, 0.25) is 5.78 Å². The third-order valence-corrected chi connectivity index (χ3v) is 7.02. The summed E-state index contributed by atoms with van der Waals surface area (Å²) in [5, 5.41) is 0.768. The SMILES string of the molecule is Cc1ccc(Cl)cc1N1CCN(CCn2c(C)cn3c4c(=O)n(C)c(=O)n(C)c4nc23)CC1. The molecular weight excluding hydrogens is 442 g/mol. The highest BCUT2D eigenvalue weighted by molar-refractivity contribution is 6.30. The summed E-state index contributed by atoms with van der Waals surface area (Å²) in [6, 6.07) is 6.05. The molecule has 0 N–H and O–H groups in total. The monoisotopic (exact) mass is 469 g/mol. The van der Waals surface area contributed by atoms with Crippen molar-refractivity contribution in [2.24, 2.45) is 14.1 Å². The first-order valence-corrected chi connectivity index (χ1v) is 11.5. The van der Waals surface area contributed by atoms with Crippen LogP contribution in [0.5, 0.6) is 0 Å². The van der Waals surface area contributed by atoms with Gasteiger partial charge in [0.05, 0.1) is 0 Å². The van der Waals surface area contributed by atoms with Crippen LogP contribution in [-0.2, 0) is 20.6 Å². The van der Waals surface area contributed by atoms with Crippen molar-refractivity contribution in [3.63, 3.8) is 0 Å². The Morgan fingerprint density at radius 2 is 1.73 bits per heavy atom. The van der Waals surface area contributed by atoms with Crippen molar-refractivity contribution in [1.29, 1.82) is 0 Å². The van der Waals surface area contributed by atoms with Crippen molar-refractivity contribution < 1.29 is 0 Å². The summed E-state index contributed by atoms with van der Waals surface area (Å²) in [6.45, 7) is 9.62. The van der Waals surface area contributed by atoms with Crippen molar-refractivity contribution in [3.8, 4) is 0 Å². The fourth-order valence-corrected chi connectivity index (χ4v) is 4.95. The van der Waals surface area contributed by atoms with Gasteiger partial charge in [-0.2, -0.15) is 4.98 Å². The maximum absolute atomic E-state index is 12.8. The molecule has 4 aromatic rings. The van der Waals surface area contributed by atoms with Gasteiger partial charge in [-0.3, -0.25) is 23.2 Å². The second kappa shape index (κ2) is 8.07. The van der Waals surface area contributed by atoms with E-state index in [1.165, 1.54) is 22.9 Å². The number of aromatic nitrogens is 5. The van der Waals surface area contributed by atoms with Crippen LogP contribution < -0.4 is 16.1 Å². The molecule has 174 valence electrons. The van der Waals surface area contributed by atoms with Crippen molar-refractivity contribution in [2.45, 2.75) is 20.4 Å². The molecular formula is C23H28ClN7O2. The minimum atomic E-state index is -0.371. The summed E-state index contributed by atoms with van der Waals surface area (Å²) in [4.78, 5) is 34.6. The summed E-state index contributed by atoms with van der Waals surface area (Å²) >= 11 is 6.21. The number of fused-ring (bicyclic) bond motifs is 3. The summed E-state index contributed by atoms with van der Waals surface area (Å²) in [6.07, 6.45) is 1.93. The molecule has 0 amide bonds. The molecule has 33 heavy (non-hydrogen) atoms. The van der Waals surface area contributed by atoms with Gasteiger partial charge < -0.3 is 9.47 Å². The van der Waals surface area contributed by atoms with Gasteiger partial charge in [0.25, 0.3) is 5.56 Å². The lowest BCUT2D eigenvalue weighted by molar-refractivity contribution is 0.248. The second-order valence-electron chi connectivity index (χ2n) is 8.84. The Kier molecular flexibility index (Phi) is 5.33. The molecule has 9 nitrogen and oxygen atoms in total. The van der Waals surface area contributed by atoms with Crippen LogP contribution in [0.1, 0.15) is 11.3 Å². The molecule has 1 aliphatic rings. The maximum Gasteiger partial charge on any atom is 0.332 e. The van der Waals surface area contributed by atoms with E-state index >= 15 is 0 Å². The van der Waals surface area contributed by atoms with E-state index in [0.717, 1.165) is 54.6 Å². The Hall–Kier alpha value is -3.04. The van der Waals surface area contributed by atoms with Crippen LogP contribution in [0.25, 0.3) is 16.9 Å². The average Bonchev–Trinajstić information content (AvgIpc) is 3.31.